The number of hydrogen-bond acceptors (Lipinski definition) is 4. The van der Waals surface area contributed by atoms with Gasteiger partial charge in [0, 0.05) is 34.2 Å². The molecule has 0 saturated heterocycles. The van der Waals surface area contributed by atoms with E-state index in [0.717, 1.165) is 46.4 Å². The van der Waals surface area contributed by atoms with Gasteiger partial charge >= 0.3 is 0 Å². The Labute approximate surface area is 270 Å². The minimum absolute atomic E-state index is 0.233. The third kappa shape index (κ3) is 5.43. The molecule has 0 bridgehead atoms. The number of nitrogens with zero attached hydrogens (tertiary/aromatic N) is 1. The number of pyridine rings is 1. The van der Waals surface area contributed by atoms with E-state index in [1.54, 1.807) is 30.5 Å². The molecule has 228 valence electrons. The zero-order valence-corrected chi connectivity index (χ0v) is 25.7. The van der Waals surface area contributed by atoms with Crippen LogP contribution in [0, 0.1) is 12.7 Å². The number of aromatic nitrogens is 1. The van der Waals surface area contributed by atoms with E-state index in [1.807, 2.05) is 67.6 Å². The van der Waals surface area contributed by atoms with E-state index in [1.165, 1.54) is 12.1 Å². The van der Waals surface area contributed by atoms with Crippen molar-refractivity contribution in [2.75, 3.05) is 0 Å². The van der Waals surface area contributed by atoms with Crippen LogP contribution >= 0.6 is 11.6 Å². The largest absolute Gasteiger partial charge is 0.460 e. The number of rotatable bonds is 8. The van der Waals surface area contributed by atoms with Crippen molar-refractivity contribution in [3.05, 3.63) is 148 Å². The number of carbonyl (C=O) groups excluding carboxylic acids is 2. The Kier molecular flexibility index (Phi) is 7.41. The van der Waals surface area contributed by atoms with Gasteiger partial charge in [0.05, 0.1) is 16.8 Å². The average Bonchev–Trinajstić information content (AvgIpc) is 3.74. The van der Waals surface area contributed by atoms with Gasteiger partial charge in [-0.25, -0.2) is 4.39 Å². The van der Waals surface area contributed by atoms with Crippen LogP contribution < -0.4 is 11.1 Å². The summed E-state index contributed by atoms with van der Waals surface area (Å²) in [5.74, 6) is -0.797. The monoisotopic (exact) mass is 629 g/mol. The molecule has 4 aromatic carbocycles. The van der Waals surface area contributed by atoms with Gasteiger partial charge in [-0.2, -0.15) is 0 Å². The standard InChI is InChI=1S/C38H29ClFN3O3/c1-22-18-28(26-6-2-3-7-31(26)39)29(37(45)43-38(15-16-38)34-8-4-5-17-42-34)21-27(22)24-11-14-32-30(20-24)35(36(41)44)33(46-32)19-23-9-12-25(40)13-10-23/h2-14,17-18,20-21H,15-16,19H2,1H3,(H2,41,44)(H,43,45). The van der Waals surface area contributed by atoms with Crippen molar-refractivity contribution in [2.24, 2.45) is 5.73 Å². The maximum Gasteiger partial charge on any atom is 0.252 e. The highest BCUT2D eigenvalue weighted by Crippen LogP contribution is 2.45. The third-order valence-corrected chi connectivity index (χ3v) is 8.96. The van der Waals surface area contributed by atoms with Gasteiger partial charge in [-0.05, 0) is 102 Å². The molecule has 2 heterocycles. The average molecular weight is 630 g/mol. The van der Waals surface area contributed by atoms with Gasteiger partial charge in [0.25, 0.3) is 11.8 Å². The van der Waals surface area contributed by atoms with Crippen LogP contribution in [0.3, 0.4) is 0 Å². The number of primary amides is 1. The number of fused-ring (bicyclic) bond motifs is 1. The van der Waals surface area contributed by atoms with Gasteiger partial charge in [0.1, 0.15) is 17.2 Å². The van der Waals surface area contributed by atoms with Gasteiger partial charge in [0.2, 0.25) is 0 Å². The van der Waals surface area contributed by atoms with Crippen molar-refractivity contribution in [1.29, 1.82) is 0 Å². The summed E-state index contributed by atoms with van der Waals surface area (Å²) in [7, 11) is 0. The number of carbonyl (C=O) groups is 2. The molecule has 6 aromatic rings. The van der Waals surface area contributed by atoms with Gasteiger partial charge in [-0.3, -0.25) is 14.6 Å². The Balaban J connectivity index is 1.33. The Bertz CT molecular complexity index is 2140. The van der Waals surface area contributed by atoms with Crippen LogP contribution in [0.1, 0.15) is 56.1 Å². The number of aryl methyl sites for hydroxylation is 1. The zero-order valence-electron chi connectivity index (χ0n) is 24.9. The fourth-order valence-electron chi connectivity index (χ4n) is 6.11. The molecule has 0 spiro atoms. The Morgan fingerprint density at radius 1 is 0.935 bits per heavy atom. The quantitative estimate of drug-likeness (QED) is 0.177. The van der Waals surface area contributed by atoms with Crippen molar-refractivity contribution >= 4 is 34.4 Å². The fourth-order valence-corrected chi connectivity index (χ4v) is 6.35. The molecule has 2 amide bonds. The van der Waals surface area contributed by atoms with Crippen LogP contribution in [-0.2, 0) is 12.0 Å². The van der Waals surface area contributed by atoms with Crippen molar-refractivity contribution in [3.63, 3.8) is 0 Å². The summed E-state index contributed by atoms with van der Waals surface area (Å²) in [4.78, 5) is 31.4. The summed E-state index contributed by atoms with van der Waals surface area (Å²) in [6, 6.07) is 28.6. The molecular weight excluding hydrogens is 601 g/mol. The molecule has 0 atom stereocenters. The van der Waals surface area contributed by atoms with Gasteiger partial charge < -0.3 is 15.5 Å². The summed E-state index contributed by atoms with van der Waals surface area (Å²) in [6.07, 6.45) is 3.60. The molecule has 1 fully saturated rings. The maximum absolute atomic E-state index is 14.1. The van der Waals surface area contributed by atoms with E-state index in [9.17, 15) is 14.0 Å². The smallest absolute Gasteiger partial charge is 0.252 e. The zero-order chi connectivity index (χ0) is 32.0. The Morgan fingerprint density at radius 3 is 2.39 bits per heavy atom. The SMILES string of the molecule is Cc1cc(-c2ccccc2Cl)c(C(=O)NC2(c3ccccn3)CC2)cc1-c1ccc2oc(Cc3ccc(F)cc3)c(C(N)=O)c2c1. The fraction of sp³-hybridized carbons (Fsp3) is 0.132. The molecule has 1 aliphatic rings. The lowest BCUT2D eigenvalue weighted by atomic mass is 9.90. The number of nitrogens with two attached hydrogens (primary N) is 1. The van der Waals surface area contributed by atoms with Crippen LogP contribution in [0.4, 0.5) is 4.39 Å². The molecule has 6 nitrogen and oxygen atoms in total. The molecule has 1 aliphatic carbocycles. The molecule has 1 saturated carbocycles. The Hall–Kier alpha value is -5.27. The summed E-state index contributed by atoms with van der Waals surface area (Å²) in [5.41, 5.74) is 12.2. The second-order valence-electron chi connectivity index (χ2n) is 11.7. The van der Waals surface area contributed by atoms with Crippen LogP contribution in [0.2, 0.25) is 5.02 Å². The highest BCUT2D eigenvalue weighted by atomic mass is 35.5. The molecule has 7 rings (SSSR count). The lowest BCUT2D eigenvalue weighted by molar-refractivity contribution is 0.0929. The van der Waals surface area contributed by atoms with E-state index < -0.39 is 11.4 Å². The molecule has 0 aliphatic heterocycles. The van der Waals surface area contributed by atoms with Crippen molar-refractivity contribution in [1.82, 2.24) is 10.3 Å². The molecular formula is C38H29ClFN3O3. The molecule has 46 heavy (non-hydrogen) atoms. The van der Waals surface area contributed by atoms with Crippen LogP contribution in [0.15, 0.2) is 108 Å². The van der Waals surface area contributed by atoms with Crippen molar-refractivity contribution in [3.8, 4) is 22.3 Å². The van der Waals surface area contributed by atoms with Gasteiger partial charge in [-0.15, -0.1) is 0 Å². The third-order valence-electron chi connectivity index (χ3n) is 8.63. The lowest BCUT2D eigenvalue weighted by Crippen LogP contribution is -2.35. The normalized spacial score (nSPS) is 13.5. The number of amides is 2. The molecule has 8 heteroatoms. The van der Waals surface area contributed by atoms with E-state index >= 15 is 0 Å². The van der Waals surface area contributed by atoms with E-state index in [4.69, 9.17) is 21.8 Å². The highest BCUT2D eigenvalue weighted by Gasteiger charge is 2.47. The van der Waals surface area contributed by atoms with Crippen molar-refractivity contribution < 1.29 is 18.4 Å². The van der Waals surface area contributed by atoms with Crippen molar-refractivity contribution in [2.45, 2.75) is 31.7 Å². The van der Waals surface area contributed by atoms with E-state index in [2.05, 4.69) is 10.3 Å². The highest BCUT2D eigenvalue weighted by molar-refractivity contribution is 6.33. The van der Waals surface area contributed by atoms with Gasteiger partial charge in [0.15, 0.2) is 0 Å². The van der Waals surface area contributed by atoms with Crippen LogP contribution in [0.5, 0.6) is 0 Å². The first-order valence-electron chi connectivity index (χ1n) is 15.0. The first-order valence-corrected chi connectivity index (χ1v) is 15.3. The van der Waals surface area contributed by atoms with Crippen LogP contribution in [-0.4, -0.2) is 16.8 Å². The second-order valence-corrected chi connectivity index (χ2v) is 12.1. The first-order chi connectivity index (χ1) is 22.2. The number of benzene rings is 4. The molecule has 3 N–H and O–H groups in total. The minimum Gasteiger partial charge on any atom is -0.460 e. The lowest BCUT2D eigenvalue weighted by Gasteiger charge is -2.20. The number of hydrogen-bond donors (Lipinski definition) is 2. The predicted molar refractivity (Wildman–Crippen MR) is 177 cm³/mol. The topological polar surface area (TPSA) is 98.2 Å². The summed E-state index contributed by atoms with van der Waals surface area (Å²) in [5, 5.41) is 4.37. The summed E-state index contributed by atoms with van der Waals surface area (Å²) < 4.78 is 19.6. The predicted octanol–water partition coefficient (Wildman–Crippen LogP) is 8.37. The molecule has 2 aromatic heterocycles. The second kappa shape index (κ2) is 11.6. The van der Waals surface area contributed by atoms with E-state index in [-0.39, 0.29) is 23.7 Å². The number of nitrogens with one attached hydrogen (secondary N) is 1. The van der Waals surface area contributed by atoms with Gasteiger partial charge in [-0.1, -0.05) is 54.1 Å². The van der Waals surface area contributed by atoms with Crippen LogP contribution in [0.25, 0.3) is 33.2 Å². The molecule has 0 radical (unpaired) electrons. The number of furan rings is 1. The van der Waals surface area contributed by atoms with E-state index in [0.29, 0.717) is 32.9 Å². The Morgan fingerprint density at radius 2 is 1.70 bits per heavy atom. The molecule has 0 unspecified atom stereocenters. The minimum atomic E-state index is -0.622. The maximum atomic E-state index is 14.1. The summed E-state index contributed by atoms with van der Waals surface area (Å²) >= 11 is 6.65. The first kappa shape index (κ1) is 29.4. The number of halogens is 2. The summed E-state index contributed by atoms with van der Waals surface area (Å²) in [6.45, 7) is 1.97.